The number of esters is 1. The Morgan fingerprint density at radius 2 is 2.08 bits per heavy atom. The summed E-state index contributed by atoms with van der Waals surface area (Å²) < 4.78 is 10.4. The van der Waals surface area contributed by atoms with Gasteiger partial charge in [-0.15, -0.1) is 0 Å². The number of hydrogen-bond acceptors (Lipinski definition) is 6. The quantitative estimate of drug-likeness (QED) is 0.336. The molecule has 0 aliphatic rings. The largest absolute Gasteiger partial charge is 0.493 e. The fourth-order valence-electron chi connectivity index (χ4n) is 2.14. The fourth-order valence-corrected chi connectivity index (χ4v) is 2.95. The van der Waals surface area contributed by atoms with Crippen molar-refractivity contribution in [3.8, 4) is 5.75 Å². The summed E-state index contributed by atoms with van der Waals surface area (Å²) >= 11 is 1.43. The van der Waals surface area contributed by atoms with Gasteiger partial charge in [0.15, 0.2) is 5.16 Å². The van der Waals surface area contributed by atoms with Crippen LogP contribution in [0.15, 0.2) is 34.2 Å². The van der Waals surface area contributed by atoms with Gasteiger partial charge >= 0.3 is 5.97 Å². The Hall–Kier alpha value is -2.28. The first-order valence-electron chi connectivity index (χ1n) is 7.98. The van der Waals surface area contributed by atoms with E-state index in [4.69, 9.17) is 4.74 Å². The summed E-state index contributed by atoms with van der Waals surface area (Å²) in [5, 5.41) is 0.498. The summed E-state index contributed by atoms with van der Waals surface area (Å²) in [7, 11) is 1.31. The van der Waals surface area contributed by atoms with Gasteiger partial charge in [0.2, 0.25) is 0 Å². The van der Waals surface area contributed by atoms with Gasteiger partial charge in [0.25, 0.3) is 5.56 Å². The average molecular weight is 362 g/mol. The minimum atomic E-state index is -0.420. The first-order chi connectivity index (χ1) is 12.0. The highest BCUT2D eigenvalue weighted by atomic mass is 32.2. The molecule has 2 aromatic rings. The lowest BCUT2D eigenvalue weighted by molar-refractivity contribution is -0.139. The number of hydrogen-bond donors (Lipinski definition) is 1. The molecular weight excluding hydrogens is 340 g/mol. The zero-order valence-corrected chi connectivity index (χ0v) is 15.4. The molecule has 0 fully saturated rings. The van der Waals surface area contributed by atoms with Crippen LogP contribution in [0.3, 0.4) is 0 Å². The van der Waals surface area contributed by atoms with Gasteiger partial charge in [0, 0.05) is 11.8 Å². The molecule has 0 bridgehead atoms. The highest BCUT2D eigenvalue weighted by Crippen LogP contribution is 2.20. The molecule has 0 aliphatic carbocycles. The Bertz CT molecular complexity index is 789. The molecule has 6 nitrogen and oxygen atoms in total. The third kappa shape index (κ3) is 6.26. The first-order valence-corrected chi connectivity index (χ1v) is 8.96. The van der Waals surface area contributed by atoms with E-state index in [0.717, 1.165) is 23.5 Å². The maximum absolute atomic E-state index is 11.6. The van der Waals surface area contributed by atoms with Gasteiger partial charge in [-0.1, -0.05) is 23.9 Å². The lowest BCUT2D eigenvalue weighted by Crippen LogP contribution is -2.14. The number of benzene rings is 1. The van der Waals surface area contributed by atoms with Gasteiger partial charge in [0.1, 0.15) is 5.75 Å². The standard InChI is InChI=1S/C18H22N2O4S/c1-12-5-6-13(2)15(9-12)24-7-4-8-25-18-19-14(10-16(21)20-18)11-17(22)23-3/h5-6,9-10H,4,7-8,11H2,1-3H3,(H,19,20,21). The van der Waals surface area contributed by atoms with E-state index in [0.29, 0.717) is 17.5 Å². The Labute approximate surface area is 151 Å². The zero-order chi connectivity index (χ0) is 18.2. The van der Waals surface area contributed by atoms with Gasteiger partial charge in [-0.3, -0.25) is 9.59 Å². The van der Waals surface area contributed by atoms with Gasteiger partial charge in [-0.05, 0) is 37.5 Å². The third-order valence-corrected chi connectivity index (χ3v) is 4.41. The number of thioether (sulfide) groups is 1. The number of aromatic nitrogens is 2. The van der Waals surface area contributed by atoms with Crippen LogP contribution >= 0.6 is 11.8 Å². The second-order valence-corrected chi connectivity index (χ2v) is 6.70. The lowest BCUT2D eigenvalue weighted by Gasteiger charge is -2.09. The molecule has 0 atom stereocenters. The van der Waals surface area contributed by atoms with Crippen molar-refractivity contribution in [2.45, 2.75) is 31.8 Å². The molecular formula is C18H22N2O4S. The van der Waals surface area contributed by atoms with Crippen LogP contribution in [0.4, 0.5) is 0 Å². The van der Waals surface area contributed by atoms with Crippen LogP contribution < -0.4 is 10.3 Å². The van der Waals surface area contributed by atoms with E-state index in [1.54, 1.807) is 0 Å². The van der Waals surface area contributed by atoms with Gasteiger partial charge < -0.3 is 14.5 Å². The number of aryl methyl sites for hydroxylation is 2. The average Bonchev–Trinajstić information content (AvgIpc) is 2.57. The maximum Gasteiger partial charge on any atom is 0.311 e. The molecule has 134 valence electrons. The summed E-state index contributed by atoms with van der Waals surface area (Å²) in [6.07, 6.45) is 0.798. The zero-order valence-electron chi connectivity index (χ0n) is 14.6. The van der Waals surface area contributed by atoms with Gasteiger partial charge in [-0.2, -0.15) is 0 Å². The molecule has 0 saturated heterocycles. The Balaban J connectivity index is 1.82. The molecule has 7 heteroatoms. The smallest absolute Gasteiger partial charge is 0.311 e. The number of aromatic amines is 1. The van der Waals surface area contributed by atoms with Crippen molar-refractivity contribution in [2.75, 3.05) is 19.5 Å². The van der Waals surface area contributed by atoms with E-state index in [9.17, 15) is 9.59 Å². The minimum absolute atomic E-state index is 0.0102. The number of carbonyl (C=O) groups is 1. The second kappa shape index (κ2) is 9.27. The van der Waals surface area contributed by atoms with E-state index in [1.807, 2.05) is 26.0 Å². The van der Waals surface area contributed by atoms with Gasteiger partial charge in [-0.25, -0.2) is 4.98 Å². The number of H-pyrrole nitrogens is 1. The van der Waals surface area contributed by atoms with Crippen molar-refractivity contribution in [2.24, 2.45) is 0 Å². The number of nitrogens with zero attached hydrogens (tertiary/aromatic N) is 1. The molecule has 1 aromatic heterocycles. The number of carbonyl (C=O) groups excluding carboxylic acids is 1. The molecule has 1 heterocycles. The Morgan fingerprint density at radius 1 is 1.28 bits per heavy atom. The molecule has 0 aliphatic heterocycles. The van der Waals surface area contributed by atoms with Crippen molar-refractivity contribution >= 4 is 17.7 Å². The normalized spacial score (nSPS) is 10.5. The number of methoxy groups -OCH3 is 1. The summed E-state index contributed by atoms with van der Waals surface area (Å²) in [6, 6.07) is 7.44. The number of nitrogens with one attached hydrogen (secondary N) is 1. The van der Waals surface area contributed by atoms with Crippen LogP contribution in [0.25, 0.3) is 0 Å². The van der Waals surface area contributed by atoms with Crippen LogP contribution in [-0.4, -0.2) is 35.4 Å². The highest BCUT2D eigenvalue weighted by Gasteiger charge is 2.08. The fraction of sp³-hybridized carbons (Fsp3) is 0.389. The molecule has 0 amide bonds. The second-order valence-electron chi connectivity index (χ2n) is 5.61. The minimum Gasteiger partial charge on any atom is -0.493 e. The number of ether oxygens (including phenoxy) is 2. The monoisotopic (exact) mass is 362 g/mol. The summed E-state index contributed by atoms with van der Waals surface area (Å²) in [5.41, 5.74) is 2.41. The Kier molecular flexibility index (Phi) is 7.06. The third-order valence-electron chi connectivity index (χ3n) is 3.45. The molecule has 0 unspecified atom stereocenters. The topological polar surface area (TPSA) is 81.3 Å². The van der Waals surface area contributed by atoms with Crippen LogP contribution in [0.5, 0.6) is 5.75 Å². The Morgan fingerprint density at radius 3 is 2.84 bits per heavy atom. The molecule has 1 N–H and O–H groups in total. The molecule has 25 heavy (non-hydrogen) atoms. The molecule has 0 saturated carbocycles. The lowest BCUT2D eigenvalue weighted by atomic mass is 10.1. The maximum atomic E-state index is 11.6. The first kappa shape index (κ1) is 19.1. The molecule has 2 rings (SSSR count). The van der Waals surface area contributed by atoms with Crippen molar-refractivity contribution in [1.29, 1.82) is 0 Å². The van der Waals surface area contributed by atoms with E-state index >= 15 is 0 Å². The van der Waals surface area contributed by atoms with Crippen molar-refractivity contribution in [1.82, 2.24) is 9.97 Å². The molecule has 0 spiro atoms. The van der Waals surface area contributed by atoms with Gasteiger partial charge in [0.05, 0.1) is 25.8 Å². The summed E-state index contributed by atoms with van der Waals surface area (Å²) in [5.74, 6) is 1.22. The van der Waals surface area contributed by atoms with Crippen LogP contribution in [-0.2, 0) is 16.0 Å². The van der Waals surface area contributed by atoms with E-state index < -0.39 is 5.97 Å². The van der Waals surface area contributed by atoms with Crippen molar-refractivity contribution in [3.63, 3.8) is 0 Å². The molecule has 1 aromatic carbocycles. The number of rotatable bonds is 8. The van der Waals surface area contributed by atoms with Crippen molar-refractivity contribution < 1.29 is 14.3 Å². The van der Waals surface area contributed by atoms with Crippen LogP contribution in [0.1, 0.15) is 23.2 Å². The summed E-state index contributed by atoms with van der Waals surface area (Å²) in [4.78, 5) is 29.9. The van der Waals surface area contributed by atoms with E-state index in [1.165, 1.54) is 30.5 Å². The highest BCUT2D eigenvalue weighted by molar-refractivity contribution is 7.99. The summed E-state index contributed by atoms with van der Waals surface area (Å²) in [6.45, 7) is 4.64. The van der Waals surface area contributed by atoms with E-state index in [-0.39, 0.29) is 12.0 Å². The van der Waals surface area contributed by atoms with Crippen LogP contribution in [0.2, 0.25) is 0 Å². The predicted molar refractivity (Wildman–Crippen MR) is 97.3 cm³/mol. The van der Waals surface area contributed by atoms with Crippen molar-refractivity contribution in [3.05, 3.63) is 51.4 Å². The van der Waals surface area contributed by atoms with E-state index in [2.05, 4.69) is 20.8 Å². The SMILES string of the molecule is COC(=O)Cc1cc(=O)[nH]c(SCCCOc2cc(C)ccc2C)n1. The van der Waals surface area contributed by atoms with Crippen LogP contribution in [0, 0.1) is 13.8 Å². The predicted octanol–water partition coefficient (Wildman–Crippen LogP) is 2.66. The molecule has 0 radical (unpaired) electrons.